The van der Waals surface area contributed by atoms with Crippen LogP contribution in [0.3, 0.4) is 0 Å². The van der Waals surface area contributed by atoms with Crippen molar-refractivity contribution in [2.24, 2.45) is 0 Å². The van der Waals surface area contributed by atoms with Gasteiger partial charge < -0.3 is 15.8 Å². The van der Waals surface area contributed by atoms with Crippen molar-refractivity contribution in [3.63, 3.8) is 0 Å². The second-order valence-corrected chi connectivity index (χ2v) is 6.55. The molecule has 0 spiro atoms. The fourth-order valence-electron chi connectivity index (χ4n) is 2.57. The monoisotopic (exact) mass is 329 g/mol. The third-order valence-electron chi connectivity index (χ3n) is 3.47. The van der Waals surface area contributed by atoms with Crippen molar-refractivity contribution in [3.05, 3.63) is 29.1 Å². The summed E-state index contributed by atoms with van der Waals surface area (Å²) in [4.78, 5) is 17.9. The third-order valence-corrected chi connectivity index (χ3v) is 4.55. The Morgan fingerprint density at radius 3 is 2.83 bits per heavy atom. The van der Waals surface area contributed by atoms with Gasteiger partial charge in [-0.2, -0.15) is 0 Å². The van der Waals surface area contributed by atoms with Crippen molar-refractivity contribution in [1.29, 1.82) is 0 Å². The Hall–Kier alpha value is -2.34. The summed E-state index contributed by atoms with van der Waals surface area (Å²) >= 11 is 1.28. The molecular formula is C17H19N3O2S. The van der Waals surface area contributed by atoms with E-state index in [1.807, 2.05) is 24.3 Å². The molecule has 0 fully saturated rings. The first-order valence-electron chi connectivity index (χ1n) is 7.57. The molecule has 0 radical (unpaired) electrons. The van der Waals surface area contributed by atoms with Gasteiger partial charge in [-0.3, -0.25) is 0 Å². The average molecular weight is 329 g/mol. The van der Waals surface area contributed by atoms with Crippen molar-refractivity contribution in [2.75, 3.05) is 17.7 Å². The van der Waals surface area contributed by atoms with Crippen LogP contribution < -0.4 is 11.1 Å². The molecule has 0 aliphatic rings. The number of aromatic nitrogens is 1. The van der Waals surface area contributed by atoms with Crippen molar-refractivity contribution >= 4 is 49.8 Å². The molecule has 1 aromatic carbocycles. The zero-order valence-electron chi connectivity index (χ0n) is 13.3. The molecule has 3 aromatic rings. The number of carbonyl (C=O) groups is 1. The van der Waals surface area contributed by atoms with Crippen LogP contribution in [0.15, 0.2) is 24.3 Å². The molecule has 6 heteroatoms. The van der Waals surface area contributed by atoms with E-state index in [1.165, 1.54) is 11.3 Å². The van der Waals surface area contributed by atoms with Crippen molar-refractivity contribution in [1.82, 2.24) is 4.98 Å². The Kier molecular flexibility index (Phi) is 4.09. The standard InChI is InChI=1S/C17H19N3O2S/c1-4-22-17(21)15-13(18)12-14(19-9(2)3)10-7-5-6-8-11(10)20-16(12)23-15/h5-9H,4,18H2,1-3H3,(H,19,20). The fraction of sp³-hybridized carbons (Fsp3) is 0.294. The summed E-state index contributed by atoms with van der Waals surface area (Å²) in [6.07, 6.45) is 0. The molecule has 0 saturated carbocycles. The molecule has 23 heavy (non-hydrogen) atoms. The Morgan fingerprint density at radius 2 is 2.13 bits per heavy atom. The summed E-state index contributed by atoms with van der Waals surface area (Å²) in [7, 11) is 0. The van der Waals surface area contributed by atoms with E-state index in [4.69, 9.17) is 10.5 Å². The predicted molar refractivity (Wildman–Crippen MR) is 96.3 cm³/mol. The van der Waals surface area contributed by atoms with Crippen molar-refractivity contribution in [2.45, 2.75) is 26.8 Å². The Labute approximate surface area is 138 Å². The molecule has 0 bridgehead atoms. The Bertz CT molecular complexity index is 886. The minimum Gasteiger partial charge on any atom is -0.462 e. The van der Waals surface area contributed by atoms with Gasteiger partial charge in [0.15, 0.2) is 0 Å². The minimum absolute atomic E-state index is 0.231. The molecule has 2 heterocycles. The summed E-state index contributed by atoms with van der Waals surface area (Å²) < 4.78 is 5.10. The first kappa shape index (κ1) is 15.6. The molecule has 0 aliphatic carbocycles. The minimum atomic E-state index is -0.396. The highest BCUT2D eigenvalue weighted by atomic mass is 32.1. The Morgan fingerprint density at radius 1 is 1.39 bits per heavy atom. The molecule has 2 aromatic heterocycles. The number of hydrogen-bond acceptors (Lipinski definition) is 6. The molecular weight excluding hydrogens is 310 g/mol. The quantitative estimate of drug-likeness (QED) is 0.707. The van der Waals surface area contributed by atoms with Gasteiger partial charge in [-0.15, -0.1) is 11.3 Å². The van der Waals surface area contributed by atoms with E-state index in [0.717, 1.165) is 26.8 Å². The van der Waals surface area contributed by atoms with E-state index in [-0.39, 0.29) is 6.04 Å². The van der Waals surface area contributed by atoms with Crippen LogP contribution in [0.1, 0.15) is 30.4 Å². The number of nitrogens with one attached hydrogen (secondary N) is 1. The highest BCUT2D eigenvalue weighted by Gasteiger charge is 2.22. The molecule has 3 N–H and O–H groups in total. The third kappa shape index (κ3) is 2.70. The number of nitrogens with two attached hydrogens (primary N) is 1. The van der Waals surface area contributed by atoms with E-state index in [9.17, 15) is 4.79 Å². The van der Waals surface area contributed by atoms with Crippen LogP contribution in [0.4, 0.5) is 11.4 Å². The summed E-state index contributed by atoms with van der Waals surface area (Å²) in [6.45, 7) is 6.23. The zero-order valence-corrected chi connectivity index (χ0v) is 14.2. The summed E-state index contributed by atoms with van der Waals surface area (Å²) in [5, 5.41) is 5.24. The summed E-state index contributed by atoms with van der Waals surface area (Å²) in [5.74, 6) is -0.396. The predicted octanol–water partition coefficient (Wildman–Crippen LogP) is 4.03. The normalized spacial score (nSPS) is 11.3. The number of para-hydroxylation sites is 1. The molecule has 5 nitrogen and oxygen atoms in total. The van der Waals surface area contributed by atoms with Gasteiger partial charge in [-0.1, -0.05) is 18.2 Å². The van der Waals surface area contributed by atoms with Gasteiger partial charge in [-0.05, 0) is 26.8 Å². The smallest absolute Gasteiger partial charge is 0.350 e. The molecule has 120 valence electrons. The highest BCUT2D eigenvalue weighted by molar-refractivity contribution is 7.21. The lowest BCUT2D eigenvalue weighted by molar-refractivity contribution is 0.0533. The zero-order chi connectivity index (χ0) is 16.6. The topological polar surface area (TPSA) is 77.2 Å². The van der Waals surface area contributed by atoms with Gasteiger partial charge in [0.2, 0.25) is 0 Å². The van der Waals surface area contributed by atoms with E-state index in [1.54, 1.807) is 6.92 Å². The number of fused-ring (bicyclic) bond motifs is 2. The number of anilines is 2. The first-order valence-corrected chi connectivity index (χ1v) is 8.39. The van der Waals surface area contributed by atoms with Gasteiger partial charge in [0.25, 0.3) is 0 Å². The number of hydrogen-bond donors (Lipinski definition) is 2. The average Bonchev–Trinajstić information content (AvgIpc) is 2.84. The van der Waals surface area contributed by atoms with Crippen LogP contribution >= 0.6 is 11.3 Å². The number of thiophene rings is 1. The number of nitrogen functional groups attached to an aromatic ring is 1. The largest absolute Gasteiger partial charge is 0.462 e. The molecule has 0 unspecified atom stereocenters. The van der Waals surface area contributed by atoms with Crippen LogP contribution in [0.25, 0.3) is 21.1 Å². The SMILES string of the molecule is CCOC(=O)c1sc2nc3ccccc3c(NC(C)C)c2c1N. The second kappa shape index (κ2) is 6.04. The molecule has 0 aliphatic heterocycles. The van der Waals surface area contributed by atoms with E-state index in [0.29, 0.717) is 17.2 Å². The maximum Gasteiger partial charge on any atom is 0.350 e. The van der Waals surface area contributed by atoms with Crippen molar-refractivity contribution < 1.29 is 9.53 Å². The van der Waals surface area contributed by atoms with Gasteiger partial charge >= 0.3 is 5.97 Å². The number of ether oxygens (including phenoxy) is 1. The second-order valence-electron chi connectivity index (χ2n) is 5.55. The van der Waals surface area contributed by atoms with Crippen LogP contribution in [0.2, 0.25) is 0 Å². The lowest BCUT2D eigenvalue weighted by Crippen LogP contribution is -2.11. The molecule has 0 saturated heterocycles. The molecule has 0 amide bonds. The van der Waals surface area contributed by atoms with Crippen molar-refractivity contribution in [3.8, 4) is 0 Å². The Balaban J connectivity index is 2.33. The number of pyridine rings is 1. The molecule has 3 rings (SSSR count). The summed E-state index contributed by atoms with van der Waals surface area (Å²) in [5.41, 5.74) is 8.50. The lowest BCUT2D eigenvalue weighted by atomic mass is 10.1. The van der Waals surface area contributed by atoms with Crippen LogP contribution in [0.5, 0.6) is 0 Å². The van der Waals surface area contributed by atoms with Gasteiger partial charge in [0.1, 0.15) is 9.71 Å². The van der Waals surface area contributed by atoms with Crippen LogP contribution in [0, 0.1) is 0 Å². The number of benzene rings is 1. The molecule has 0 atom stereocenters. The lowest BCUT2D eigenvalue weighted by Gasteiger charge is -2.14. The van der Waals surface area contributed by atoms with Gasteiger partial charge in [-0.25, -0.2) is 9.78 Å². The number of carbonyl (C=O) groups excluding carboxylic acids is 1. The maximum atomic E-state index is 12.1. The first-order chi connectivity index (χ1) is 11.0. The van der Waals surface area contributed by atoms with Gasteiger partial charge in [0, 0.05) is 11.4 Å². The maximum absolute atomic E-state index is 12.1. The fourth-order valence-corrected chi connectivity index (χ4v) is 3.57. The highest BCUT2D eigenvalue weighted by Crippen LogP contribution is 2.41. The van der Waals surface area contributed by atoms with E-state index < -0.39 is 5.97 Å². The number of esters is 1. The van der Waals surface area contributed by atoms with Crippen LogP contribution in [-0.2, 0) is 4.74 Å². The number of nitrogens with zero attached hydrogens (tertiary/aromatic N) is 1. The number of rotatable bonds is 4. The van der Waals surface area contributed by atoms with E-state index in [2.05, 4.69) is 24.1 Å². The van der Waals surface area contributed by atoms with E-state index >= 15 is 0 Å². The van der Waals surface area contributed by atoms with Crippen LogP contribution in [-0.4, -0.2) is 23.6 Å². The summed E-state index contributed by atoms with van der Waals surface area (Å²) in [6, 6.07) is 8.11. The van der Waals surface area contributed by atoms with Gasteiger partial charge in [0.05, 0.1) is 28.9 Å².